The van der Waals surface area contributed by atoms with Crippen LogP contribution in [0.2, 0.25) is 0 Å². The van der Waals surface area contributed by atoms with Gasteiger partial charge in [0.2, 0.25) is 0 Å². The summed E-state index contributed by atoms with van der Waals surface area (Å²) in [6.07, 6.45) is 4.04. The fourth-order valence-corrected chi connectivity index (χ4v) is 1.60. The Morgan fingerprint density at radius 2 is 2.44 bits per heavy atom. The predicted molar refractivity (Wildman–Crippen MR) is 61.7 cm³/mol. The molecule has 1 aliphatic rings. The number of anilines is 1. The average molecular weight is 220 g/mol. The predicted octanol–water partition coefficient (Wildman–Crippen LogP) is 0.849. The Labute approximate surface area is 94.6 Å². The first kappa shape index (κ1) is 10.9. The van der Waals surface area contributed by atoms with Crippen LogP contribution in [-0.2, 0) is 0 Å². The van der Waals surface area contributed by atoms with Gasteiger partial charge in [0, 0.05) is 19.8 Å². The Morgan fingerprint density at radius 3 is 3.06 bits per heavy atom. The van der Waals surface area contributed by atoms with Crippen molar-refractivity contribution in [3.63, 3.8) is 0 Å². The van der Waals surface area contributed by atoms with Crippen molar-refractivity contribution in [2.75, 3.05) is 19.0 Å². The molecule has 0 aliphatic heterocycles. The van der Waals surface area contributed by atoms with Gasteiger partial charge in [0.15, 0.2) is 0 Å². The molecule has 0 unspecified atom stereocenters. The van der Waals surface area contributed by atoms with Gasteiger partial charge in [0.25, 0.3) is 5.91 Å². The SMILES string of the molecule is CN(CC1CC1)C(=O)c1cc(NN)ccn1. The fraction of sp³-hybridized carbons (Fsp3) is 0.455. The lowest BCUT2D eigenvalue weighted by atomic mass is 10.3. The Hall–Kier alpha value is -1.62. The molecule has 0 saturated heterocycles. The number of aromatic nitrogens is 1. The van der Waals surface area contributed by atoms with Crippen LogP contribution >= 0.6 is 0 Å². The maximum absolute atomic E-state index is 12.0. The van der Waals surface area contributed by atoms with Gasteiger partial charge < -0.3 is 10.3 Å². The van der Waals surface area contributed by atoms with E-state index in [9.17, 15) is 4.79 Å². The lowest BCUT2D eigenvalue weighted by molar-refractivity contribution is 0.0783. The number of hydrogen-bond acceptors (Lipinski definition) is 4. The van der Waals surface area contributed by atoms with E-state index in [0.29, 0.717) is 17.3 Å². The highest BCUT2D eigenvalue weighted by Gasteiger charge is 2.25. The molecule has 5 heteroatoms. The zero-order chi connectivity index (χ0) is 11.5. The van der Waals surface area contributed by atoms with E-state index in [1.807, 2.05) is 7.05 Å². The maximum Gasteiger partial charge on any atom is 0.272 e. The molecule has 0 spiro atoms. The number of hydrazine groups is 1. The summed E-state index contributed by atoms with van der Waals surface area (Å²) in [7, 11) is 1.81. The van der Waals surface area contributed by atoms with Crippen LogP contribution in [0.4, 0.5) is 5.69 Å². The van der Waals surface area contributed by atoms with Crippen molar-refractivity contribution < 1.29 is 4.79 Å². The highest BCUT2D eigenvalue weighted by atomic mass is 16.2. The third-order valence-corrected chi connectivity index (χ3v) is 2.72. The monoisotopic (exact) mass is 220 g/mol. The molecule has 1 heterocycles. The summed E-state index contributed by atoms with van der Waals surface area (Å²) in [4.78, 5) is 17.7. The van der Waals surface area contributed by atoms with Gasteiger partial charge in [-0.05, 0) is 30.9 Å². The molecule has 5 nitrogen and oxygen atoms in total. The third kappa shape index (κ3) is 2.49. The van der Waals surface area contributed by atoms with E-state index in [4.69, 9.17) is 5.84 Å². The molecular weight excluding hydrogens is 204 g/mol. The molecule has 1 amide bonds. The molecule has 0 radical (unpaired) electrons. The molecule has 1 saturated carbocycles. The smallest absolute Gasteiger partial charge is 0.272 e. The van der Waals surface area contributed by atoms with E-state index >= 15 is 0 Å². The van der Waals surface area contributed by atoms with Crippen LogP contribution in [0.5, 0.6) is 0 Å². The average Bonchev–Trinajstić information content (AvgIpc) is 3.12. The van der Waals surface area contributed by atoms with Crippen molar-refractivity contribution in [2.24, 2.45) is 11.8 Å². The molecule has 1 aromatic heterocycles. The number of nitrogens with zero attached hydrogens (tertiary/aromatic N) is 2. The van der Waals surface area contributed by atoms with Crippen LogP contribution in [-0.4, -0.2) is 29.4 Å². The first-order valence-electron chi connectivity index (χ1n) is 5.39. The van der Waals surface area contributed by atoms with Gasteiger partial charge in [0.1, 0.15) is 5.69 Å². The highest BCUT2D eigenvalue weighted by Crippen LogP contribution is 2.29. The number of carbonyl (C=O) groups is 1. The minimum Gasteiger partial charge on any atom is -0.340 e. The van der Waals surface area contributed by atoms with Crippen LogP contribution in [0.15, 0.2) is 18.3 Å². The summed E-state index contributed by atoms with van der Waals surface area (Å²) in [5.41, 5.74) is 3.63. The summed E-state index contributed by atoms with van der Waals surface area (Å²) in [6.45, 7) is 0.820. The van der Waals surface area contributed by atoms with Crippen molar-refractivity contribution in [3.05, 3.63) is 24.0 Å². The van der Waals surface area contributed by atoms with Crippen LogP contribution in [0.3, 0.4) is 0 Å². The standard InChI is InChI=1S/C11H16N4O/c1-15(7-8-2-3-8)11(16)10-6-9(14-12)4-5-13-10/h4-6,8H,2-3,7,12H2,1H3,(H,13,14). The second kappa shape index (κ2) is 4.49. The second-order valence-electron chi connectivity index (χ2n) is 4.20. The summed E-state index contributed by atoms with van der Waals surface area (Å²) >= 11 is 0. The van der Waals surface area contributed by atoms with Crippen LogP contribution in [0.25, 0.3) is 0 Å². The van der Waals surface area contributed by atoms with Gasteiger partial charge >= 0.3 is 0 Å². The second-order valence-corrected chi connectivity index (χ2v) is 4.20. The number of pyridine rings is 1. The number of nitrogen functional groups attached to an aromatic ring is 1. The van der Waals surface area contributed by atoms with Crippen LogP contribution < -0.4 is 11.3 Å². The van der Waals surface area contributed by atoms with Gasteiger partial charge in [-0.25, -0.2) is 0 Å². The fourth-order valence-electron chi connectivity index (χ4n) is 1.60. The third-order valence-electron chi connectivity index (χ3n) is 2.72. The zero-order valence-electron chi connectivity index (χ0n) is 9.31. The molecule has 1 fully saturated rings. The molecule has 3 N–H and O–H groups in total. The van der Waals surface area contributed by atoms with E-state index in [1.54, 1.807) is 23.2 Å². The van der Waals surface area contributed by atoms with E-state index in [1.165, 1.54) is 12.8 Å². The van der Waals surface area contributed by atoms with Crippen molar-refractivity contribution in [1.29, 1.82) is 0 Å². The molecule has 0 aromatic carbocycles. The van der Waals surface area contributed by atoms with Gasteiger partial charge in [-0.2, -0.15) is 0 Å². The van der Waals surface area contributed by atoms with Crippen molar-refractivity contribution in [2.45, 2.75) is 12.8 Å². The summed E-state index contributed by atoms with van der Waals surface area (Å²) in [6, 6.07) is 3.38. The summed E-state index contributed by atoms with van der Waals surface area (Å²) < 4.78 is 0. The van der Waals surface area contributed by atoms with E-state index in [0.717, 1.165) is 6.54 Å². The lowest BCUT2D eigenvalue weighted by Gasteiger charge is -2.16. The Morgan fingerprint density at radius 1 is 1.69 bits per heavy atom. The summed E-state index contributed by atoms with van der Waals surface area (Å²) in [5.74, 6) is 5.92. The van der Waals surface area contributed by atoms with Crippen molar-refractivity contribution >= 4 is 11.6 Å². The summed E-state index contributed by atoms with van der Waals surface area (Å²) in [5, 5.41) is 0. The van der Waals surface area contributed by atoms with E-state index in [2.05, 4.69) is 10.4 Å². The van der Waals surface area contributed by atoms with Crippen molar-refractivity contribution in [3.8, 4) is 0 Å². The number of carbonyl (C=O) groups excluding carboxylic acids is 1. The Kier molecular flexibility index (Phi) is 3.05. The minimum atomic E-state index is -0.0519. The van der Waals surface area contributed by atoms with Gasteiger partial charge in [-0.3, -0.25) is 15.6 Å². The van der Waals surface area contributed by atoms with Crippen molar-refractivity contribution in [1.82, 2.24) is 9.88 Å². The first-order valence-corrected chi connectivity index (χ1v) is 5.39. The minimum absolute atomic E-state index is 0.0519. The largest absolute Gasteiger partial charge is 0.340 e. The first-order chi connectivity index (χ1) is 7.70. The maximum atomic E-state index is 12.0. The number of nitrogens with one attached hydrogen (secondary N) is 1. The molecule has 86 valence electrons. The Balaban J connectivity index is 2.06. The quantitative estimate of drug-likeness (QED) is 0.583. The number of nitrogens with two attached hydrogens (primary N) is 1. The number of amides is 1. The highest BCUT2D eigenvalue weighted by molar-refractivity contribution is 5.92. The molecular formula is C11H16N4O. The molecule has 0 bridgehead atoms. The zero-order valence-corrected chi connectivity index (χ0v) is 9.31. The molecule has 0 atom stereocenters. The molecule has 2 rings (SSSR count). The van der Waals surface area contributed by atoms with Gasteiger partial charge in [-0.1, -0.05) is 0 Å². The Bertz CT molecular complexity index is 389. The normalized spacial score (nSPS) is 14.6. The number of rotatable bonds is 4. The van der Waals surface area contributed by atoms with Gasteiger partial charge in [-0.15, -0.1) is 0 Å². The van der Waals surface area contributed by atoms with E-state index < -0.39 is 0 Å². The molecule has 16 heavy (non-hydrogen) atoms. The van der Waals surface area contributed by atoms with Crippen LogP contribution in [0.1, 0.15) is 23.3 Å². The lowest BCUT2D eigenvalue weighted by Crippen LogP contribution is -2.29. The van der Waals surface area contributed by atoms with E-state index in [-0.39, 0.29) is 5.91 Å². The molecule has 1 aliphatic carbocycles. The van der Waals surface area contributed by atoms with Crippen LogP contribution in [0, 0.1) is 5.92 Å². The topological polar surface area (TPSA) is 71.2 Å². The molecule has 1 aromatic rings. The van der Waals surface area contributed by atoms with Gasteiger partial charge in [0.05, 0.1) is 5.69 Å². The number of hydrogen-bond donors (Lipinski definition) is 2.